The second-order valence-electron chi connectivity index (χ2n) is 8.41. The number of likely N-dealkylation sites (tertiary alicyclic amines) is 1. The van der Waals surface area contributed by atoms with Gasteiger partial charge < -0.3 is 10.2 Å². The molecular formula is C20H24B2ClF2N3O. The first-order valence-corrected chi connectivity index (χ1v) is 10.1. The van der Waals surface area contributed by atoms with Gasteiger partial charge in [0.1, 0.15) is 27.2 Å². The average molecular weight is 418 g/mol. The maximum absolute atomic E-state index is 15.5. The zero-order valence-corrected chi connectivity index (χ0v) is 17.7. The second-order valence-corrected chi connectivity index (χ2v) is 8.81. The molecule has 152 valence electrons. The van der Waals surface area contributed by atoms with E-state index in [1.807, 2.05) is 34.7 Å². The average Bonchev–Trinajstić information content (AvgIpc) is 2.64. The minimum Gasteiger partial charge on any atom is -0.349 e. The van der Waals surface area contributed by atoms with Gasteiger partial charge in [0.15, 0.2) is 0 Å². The van der Waals surface area contributed by atoms with Crippen LogP contribution in [0.1, 0.15) is 34.5 Å². The monoisotopic (exact) mass is 417 g/mol. The van der Waals surface area contributed by atoms with Crippen LogP contribution in [0, 0.1) is 12.7 Å². The van der Waals surface area contributed by atoms with E-state index in [4.69, 9.17) is 11.6 Å². The smallest absolute Gasteiger partial charge is 0.253 e. The van der Waals surface area contributed by atoms with E-state index < -0.39 is 16.8 Å². The van der Waals surface area contributed by atoms with E-state index in [9.17, 15) is 9.18 Å². The number of pyridine rings is 1. The van der Waals surface area contributed by atoms with Gasteiger partial charge in [0.2, 0.25) is 0 Å². The molecule has 1 aromatic heterocycles. The Hall–Kier alpha value is -1.92. The summed E-state index contributed by atoms with van der Waals surface area (Å²) in [4.78, 5) is 18.9. The predicted octanol–water partition coefficient (Wildman–Crippen LogP) is 1.84. The van der Waals surface area contributed by atoms with Crippen molar-refractivity contribution in [3.8, 4) is 0 Å². The van der Waals surface area contributed by atoms with Crippen LogP contribution in [0.15, 0.2) is 36.5 Å². The maximum atomic E-state index is 15.5. The number of halogens is 3. The van der Waals surface area contributed by atoms with Gasteiger partial charge in [-0.15, -0.1) is 0 Å². The largest absolute Gasteiger partial charge is 0.349 e. The summed E-state index contributed by atoms with van der Waals surface area (Å²) in [7, 11) is 3.70. The Morgan fingerprint density at radius 1 is 1.34 bits per heavy atom. The molecule has 0 bridgehead atoms. The van der Waals surface area contributed by atoms with Crippen LogP contribution in [0.3, 0.4) is 0 Å². The molecule has 1 fully saturated rings. The lowest BCUT2D eigenvalue weighted by molar-refractivity contribution is 0.0253. The van der Waals surface area contributed by atoms with Crippen molar-refractivity contribution in [3.63, 3.8) is 0 Å². The first-order valence-electron chi connectivity index (χ1n) is 9.68. The second kappa shape index (κ2) is 8.44. The fourth-order valence-electron chi connectivity index (χ4n) is 3.90. The number of alkyl halides is 1. The number of nitrogens with one attached hydrogen (secondary N) is 1. The number of hydrogen-bond acceptors (Lipinski definition) is 3. The molecule has 1 aliphatic rings. The third kappa shape index (κ3) is 5.17. The lowest BCUT2D eigenvalue weighted by Gasteiger charge is -2.49. The van der Waals surface area contributed by atoms with E-state index in [1.54, 1.807) is 11.1 Å². The Kier molecular flexibility index (Phi) is 6.34. The molecule has 1 aliphatic heterocycles. The van der Waals surface area contributed by atoms with E-state index in [0.717, 1.165) is 11.3 Å². The van der Waals surface area contributed by atoms with Crippen LogP contribution in [0.5, 0.6) is 0 Å². The third-order valence-corrected chi connectivity index (χ3v) is 5.69. The Bertz CT molecular complexity index is 898. The van der Waals surface area contributed by atoms with Gasteiger partial charge in [-0.2, -0.15) is 0 Å². The number of aryl methyl sites for hydroxylation is 1. The van der Waals surface area contributed by atoms with E-state index >= 15 is 4.39 Å². The summed E-state index contributed by atoms with van der Waals surface area (Å²) in [5, 5.41) is 2.37. The molecule has 3 rings (SSSR count). The molecular weight excluding hydrogens is 393 g/mol. The zero-order chi connectivity index (χ0) is 21.2. The van der Waals surface area contributed by atoms with Crippen molar-refractivity contribution in [1.82, 2.24) is 15.2 Å². The molecule has 9 heteroatoms. The highest BCUT2D eigenvalue weighted by Gasteiger charge is 2.45. The first-order chi connectivity index (χ1) is 13.6. The minimum absolute atomic E-state index is 0.0978. The van der Waals surface area contributed by atoms with Crippen LogP contribution in [0.4, 0.5) is 8.78 Å². The van der Waals surface area contributed by atoms with E-state index in [2.05, 4.69) is 10.3 Å². The molecule has 1 amide bonds. The van der Waals surface area contributed by atoms with Crippen molar-refractivity contribution in [2.24, 2.45) is 0 Å². The maximum Gasteiger partial charge on any atom is 0.253 e. The quantitative estimate of drug-likeness (QED) is 0.756. The Morgan fingerprint density at radius 3 is 2.72 bits per heavy atom. The van der Waals surface area contributed by atoms with Gasteiger partial charge in [-0.05, 0) is 48.5 Å². The fourth-order valence-corrected chi connectivity index (χ4v) is 4.08. The Balaban J connectivity index is 1.62. The van der Waals surface area contributed by atoms with Crippen LogP contribution in [0.2, 0.25) is 5.02 Å². The molecule has 0 spiro atoms. The summed E-state index contributed by atoms with van der Waals surface area (Å²) in [5.74, 6) is -0.839. The van der Waals surface area contributed by atoms with Crippen LogP contribution in [-0.4, -0.2) is 55.6 Å². The van der Waals surface area contributed by atoms with Gasteiger partial charge in [-0.25, -0.2) is 8.78 Å². The van der Waals surface area contributed by atoms with Gasteiger partial charge in [0, 0.05) is 37.8 Å². The Labute approximate surface area is 176 Å². The first kappa shape index (κ1) is 21.8. The van der Waals surface area contributed by atoms with Gasteiger partial charge in [-0.3, -0.25) is 9.78 Å². The summed E-state index contributed by atoms with van der Waals surface area (Å²) in [6.07, 6.45) is 2.22. The van der Waals surface area contributed by atoms with Crippen molar-refractivity contribution in [3.05, 3.63) is 64.2 Å². The van der Waals surface area contributed by atoms with Crippen LogP contribution >= 0.6 is 11.6 Å². The molecule has 0 aliphatic carbocycles. The minimum atomic E-state index is -1.43. The molecule has 4 nitrogen and oxygen atoms in total. The molecule has 1 N–H and O–H groups in total. The standard InChI is InChI=1S/C20H24B2ClF2N3O/c1-13-2-4-15(27-9-13)10-26-12-19(25)6-7-28(20(21,22)11-19)18(29)14-3-5-17(24)16(23)8-14/h2-5,8-9,26H,6-7,10-12,21-22H2,1H3. The van der Waals surface area contributed by atoms with Crippen LogP contribution in [0.25, 0.3) is 0 Å². The Morgan fingerprint density at radius 2 is 2.10 bits per heavy atom. The summed E-state index contributed by atoms with van der Waals surface area (Å²) in [5.41, 5.74) is 0.821. The predicted molar refractivity (Wildman–Crippen MR) is 116 cm³/mol. The van der Waals surface area contributed by atoms with Gasteiger partial charge in [-0.1, -0.05) is 17.7 Å². The van der Waals surface area contributed by atoms with Crippen LogP contribution in [-0.2, 0) is 6.54 Å². The highest BCUT2D eigenvalue weighted by atomic mass is 35.5. The number of carbonyl (C=O) groups is 1. The van der Waals surface area contributed by atoms with Crippen molar-refractivity contribution in [2.45, 2.75) is 37.3 Å². The summed E-state index contributed by atoms with van der Waals surface area (Å²) in [6.45, 7) is 2.93. The van der Waals surface area contributed by atoms with Crippen LogP contribution < -0.4 is 5.32 Å². The van der Waals surface area contributed by atoms with E-state index in [0.29, 0.717) is 12.1 Å². The van der Waals surface area contributed by atoms with Crippen molar-refractivity contribution < 1.29 is 13.6 Å². The molecule has 2 aromatic rings. The van der Waals surface area contributed by atoms with Gasteiger partial charge in [0.05, 0.1) is 10.7 Å². The molecule has 1 atom stereocenters. The highest BCUT2D eigenvalue weighted by Crippen LogP contribution is 2.35. The summed E-state index contributed by atoms with van der Waals surface area (Å²) < 4.78 is 28.9. The third-order valence-electron chi connectivity index (χ3n) is 5.40. The van der Waals surface area contributed by atoms with Gasteiger partial charge in [0.25, 0.3) is 5.91 Å². The van der Waals surface area contributed by atoms with Crippen molar-refractivity contribution in [2.75, 3.05) is 13.1 Å². The lowest BCUT2D eigenvalue weighted by atomic mass is 9.54. The van der Waals surface area contributed by atoms with Gasteiger partial charge >= 0.3 is 0 Å². The summed E-state index contributed by atoms with van der Waals surface area (Å²) in [6, 6.07) is 7.81. The highest BCUT2D eigenvalue weighted by molar-refractivity contribution is 6.41. The SMILES string of the molecule is BC1(B)CC(F)(CNCc2ccc(C)cn2)CCN1C(=O)c1ccc(F)c(Cl)c1. The summed E-state index contributed by atoms with van der Waals surface area (Å²) >= 11 is 5.81. The molecule has 2 heterocycles. The lowest BCUT2D eigenvalue weighted by Crippen LogP contribution is -2.62. The number of carbonyl (C=O) groups excluding carboxylic acids is 1. The number of hydrogen-bond donors (Lipinski definition) is 1. The molecule has 1 aromatic carbocycles. The normalized spacial score (nSPS) is 21.2. The topological polar surface area (TPSA) is 45.2 Å². The number of nitrogens with zero attached hydrogens (tertiary/aromatic N) is 2. The number of aromatic nitrogens is 1. The number of rotatable bonds is 5. The molecule has 1 unspecified atom stereocenters. The van der Waals surface area contributed by atoms with E-state index in [1.165, 1.54) is 18.2 Å². The molecule has 0 saturated carbocycles. The number of benzene rings is 1. The van der Waals surface area contributed by atoms with E-state index in [-0.39, 0.29) is 36.9 Å². The molecule has 0 radical (unpaired) electrons. The molecule has 1 saturated heterocycles. The van der Waals surface area contributed by atoms with Crippen molar-refractivity contribution >= 4 is 33.2 Å². The fraction of sp³-hybridized carbons (Fsp3) is 0.400. The number of piperidine rings is 1. The molecule has 29 heavy (non-hydrogen) atoms. The number of amides is 1. The van der Waals surface area contributed by atoms with Crippen molar-refractivity contribution in [1.29, 1.82) is 0 Å². The zero-order valence-electron chi connectivity index (χ0n) is 16.9.